The number of hydrogen-bond acceptors (Lipinski definition) is 7. The first-order valence-electron chi connectivity index (χ1n) is 8.99. The van der Waals surface area contributed by atoms with Gasteiger partial charge < -0.3 is 14.8 Å². The second-order valence-electron chi connectivity index (χ2n) is 6.41. The number of thiazole rings is 1. The molecule has 0 aliphatic rings. The maximum atomic E-state index is 12.4. The number of nitrogens with zero attached hydrogens (tertiary/aromatic N) is 1. The lowest BCUT2D eigenvalue weighted by molar-refractivity contribution is -0.116. The van der Waals surface area contributed by atoms with Crippen molar-refractivity contribution in [3.63, 3.8) is 0 Å². The number of ether oxygens (including phenoxy) is 2. The van der Waals surface area contributed by atoms with Gasteiger partial charge in [0.25, 0.3) is 0 Å². The van der Waals surface area contributed by atoms with E-state index in [0.29, 0.717) is 22.2 Å². The molecule has 0 spiro atoms. The smallest absolute Gasteiger partial charge is 0.226 e. The highest BCUT2D eigenvalue weighted by Crippen LogP contribution is 2.32. The molecule has 0 aliphatic heterocycles. The van der Waals surface area contributed by atoms with Crippen molar-refractivity contribution in [2.45, 2.75) is 26.7 Å². The molecule has 0 atom stereocenters. The van der Waals surface area contributed by atoms with Gasteiger partial charge in [0.05, 0.1) is 19.9 Å². The van der Waals surface area contributed by atoms with E-state index < -0.39 is 0 Å². The zero-order valence-corrected chi connectivity index (χ0v) is 18.3. The number of Topliss-reactive ketones (excluding diaryl/α,β-unsaturated/α-hetero) is 1. The number of methoxy groups -OCH3 is 2. The van der Waals surface area contributed by atoms with Gasteiger partial charge in [0.2, 0.25) is 5.91 Å². The topological polar surface area (TPSA) is 77.5 Å². The number of nitrogens with one attached hydrogen (secondary N) is 1. The van der Waals surface area contributed by atoms with Crippen molar-refractivity contribution in [1.29, 1.82) is 0 Å². The van der Waals surface area contributed by atoms with Crippen LogP contribution in [0.3, 0.4) is 0 Å². The molecule has 152 valence electrons. The largest absolute Gasteiger partial charge is 0.493 e. The standard InChI is InChI=1S/C21H22N2O4S2/c1-12-9-15(13(2)29-12)16-11-28-21(22-16)23-20(25)8-6-17(24)14-5-7-18(26-3)19(10-14)27-4/h5,7,9-11H,6,8H2,1-4H3,(H,22,23,25). The van der Waals surface area contributed by atoms with Gasteiger partial charge in [-0.05, 0) is 38.1 Å². The number of hydrogen-bond donors (Lipinski definition) is 1. The highest BCUT2D eigenvalue weighted by Gasteiger charge is 2.15. The first-order chi connectivity index (χ1) is 13.9. The molecule has 0 saturated carbocycles. The number of ketones is 1. The van der Waals surface area contributed by atoms with Crippen LogP contribution in [0, 0.1) is 13.8 Å². The van der Waals surface area contributed by atoms with Crippen molar-refractivity contribution in [2.75, 3.05) is 19.5 Å². The summed E-state index contributed by atoms with van der Waals surface area (Å²) < 4.78 is 10.4. The molecule has 3 rings (SSSR count). The third kappa shape index (κ3) is 5.02. The molecular weight excluding hydrogens is 408 g/mol. The number of aryl methyl sites for hydroxylation is 2. The Morgan fingerprint density at radius 2 is 1.83 bits per heavy atom. The van der Waals surface area contributed by atoms with E-state index in [2.05, 4.69) is 30.2 Å². The SMILES string of the molecule is COc1ccc(C(=O)CCC(=O)Nc2nc(-c3cc(C)sc3C)cs2)cc1OC. The number of benzene rings is 1. The molecular formula is C21H22N2O4S2. The predicted octanol–water partition coefficient (Wildman–Crippen LogP) is 5.11. The quantitative estimate of drug-likeness (QED) is 0.503. The monoisotopic (exact) mass is 430 g/mol. The summed E-state index contributed by atoms with van der Waals surface area (Å²) in [6.45, 7) is 4.12. The van der Waals surface area contributed by atoms with Gasteiger partial charge in [0.1, 0.15) is 0 Å². The van der Waals surface area contributed by atoms with Gasteiger partial charge in [-0.15, -0.1) is 22.7 Å². The van der Waals surface area contributed by atoms with Crippen LogP contribution < -0.4 is 14.8 Å². The summed E-state index contributed by atoms with van der Waals surface area (Å²) in [7, 11) is 3.05. The van der Waals surface area contributed by atoms with Crippen molar-refractivity contribution in [1.82, 2.24) is 4.98 Å². The highest BCUT2D eigenvalue weighted by molar-refractivity contribution is 7.14. The van der Waals surface area contributed by atoms with Gasteiger partial charge in [-0.1, -0.05) is 0 Å². The lowest BCUT2D eigenvalue weighted by Crippen LogP contribution is -2.13. The molecule has 0 saturated heterocycles. The van der Waals surface area contributed by atoms with Gasteiger partial charge in [-0.2, -0.15) is 0 Å². The molecule has 29 heavy (non-hydrogen) atoms. The fourth-order valence-electron chi connectivity index (χ4n) is 2.90. The third-order valence-electron chi connectivity index (χ3n) is 4.35. The summed E-state index contributed by atoms with van der Waals surface area (Å²) in [5, 5.41) is 5.24. The minimum absolute atomic E-state index is 0.0820. The van der Waals surface area contributed by atoms with Crippen LogP contribution >= 0.6 is 22.7 Å². The molecule has 3 aromatic rings. The van der Waals surface area contributed by atoms with Crippen molar-refractivity contribution in [3.8, 4) is 22.8 Å². The van der Waals surface area contributed by atoms with Crippen molar-refractivity contribution >= 4 is 39.5 Å². The molecule has 2 aromatic heterocycles. The average molecular weight is 431 g/mol. The van der Waals surface area contributed by atoms with Gasteiger partial charge in [-0.25, -0.2) is 4.98 Å². The van der Waals surface area contributed by atoms with E-state index in [4.69, 9.17) is 9.47 Å². The highest BCUT2D eigenvalue weighted by atomic mass is 32.1. The van der Waals surface area contributed by atoms with E-state index in [1.54, 1.807) is 29.5 Å². The zero-order valence-electron chi connectivity index (χ0n) is 16.7. The van der Waals surface area contributed by atoms with Crippen LogP contribution in [0.25, 0.3) is 11.3 Å². The Bertz CT molecular complexity index is 1040. The van der Waals surface area contributed by atoms with Crippen molar-refractivity contribution in [3.05, 3.63) is 45.0 Å². The van der Waals surface area contributed by atoms with E-state index >= 15 is 0 Å². The first-order valence-corrected chi connectivity index (χ1v) is 10.7. The fourth-order valence-corrected chi connectivity index (χ4v) is 4.56. The minimum atomic E-state index is -0.238. The van der Waals surface area contributed by atoms with Gasteiger partial charge >= 0.3 is 0 Å². The summed E-state index contributed by atoms with van der Waals surface area (Å²) in [5.74, 6) is 0.665. The summed E-state index contributed by atoms with van der Waals surface area (Å²) in [4.78, 5) is 31.6. The summed E-state index contributed by atoms with van der Waals surface area (Å²) >= 11 is 3.10. The Kier molecular flexibility index (Phi) is 6.66. The van der Waals surface area contributed by atoms with E-state index in [0.717, 1.165) is 11.3 Å². The summed E-state index contributed by atoms with van der Waals surface area (Å²) in [6.07, 6.45) is 0.182. The number of carbonyl (C=O) groups is 2. The maximum absolute atomic E-state index is 12.4. The van der Waals surface area contributed by atoms with E-state index in [-0.39, 0.29) is 24.5 Å². The van der Waals surface area contributed by atoms with Gasteiger partial charge in [0, 0.05) is 39.1 Å². The second kappa shape index (κ2) is 9.19. The Morgan fingerprint density at radius 3 is 2.48 bits per heavy atom. The minimum Gasteiger partial charge on any atom is -0.493 e. The van der Waals surface area contributed by atoms with E-state index in [1.165, 1.54) is 35.3 Å². The zero-order chi connectivity index (χ0) is 21.0. The molecule has 0 radical (unpaired) electrons. The Morgan fingerprint density at radius 1 is 1.07 bits per heavy atom. The number of rotatable bonds is 8. The lowest BCUT2D eigenvalue weighted by atomic mass is 10.1. The van der Waals surface area contributed by atoms with Crippen LogP contribution in [-0.4, -0.2) is 30.9 Å². The number of anilines is 1. The van der Waals surface area contributed by atoms with Crippen molar-refractivity contribution < 1.29 is 19.1 Å². The molecule has 1 aromatic carbocycles. The Labute approximate surface area is 177 Å². The van der Waals surface area contributed by atoms with Crippen LogP contribution in [0.5, 0.6) is 11.5 Å². The fraction of sp³-hybridized carbons (Fsp3) is 0.286. The molecule has 0 unspecified atom stereocenters. The van der Waals surface area contributed by atoms with Crippen LogP contribution in [0.4, 0.5) is 5.13 Å². The molecule has 2 heterocycles. The molecule has 0 bridgehead atoms. The number of thiophene rings is 1. The van der Waals surface area contributed by atoms with Crippen LogP contribution in [0.15, 0.2) is 29.6 Å². The van der Waals surface area contributed by atoms with Crippen LogP contribution in [0.1, 0.15) is 33.0 Å². The van der Waals surface area contributed by atoms with Gasteiger partial charge in [-0.3, -0.25) is 9.59 Å². The number of amides is 1. The Balaban J connectivity index is 1.58. The molecule has 0 aliphatic carbocycles. The lowest BCUT2D eigenvalue weighted by Gasteiger charge is -2.09. The molecule has 1 N–H and O–H groups in total. The third-order valence-corrected chi connectivity index (χ3v) is 6.08. The molecule has 0 fully saturated rings. The normalized spacial score (nSPS) is 10.6. The predicted molar refractivity (Wildman–Crippen MR) is 117 cm³/mol. The second-order valence-corrected chi connectivity index (χ2v) is 8.72. The Hall–Kier alpha value is -2.71. The number of aromatic nitrogens is 1. The van der Waals surface area contributed by atoms with Crippen LogP contribution in [0.2, 0.25) is 0 Å². The maximum Gasteiger partial charge on any atom is 0.226 e. The van der Waals surface area contributed by atoms with Gasteiger partial charge in [0.15, 0.2) is 22.4 Å². The summed E-state index contributed by atoms with van der Waals surface area (Å²) in [5.41, 5.74) is 2.43. The molecule has 6 nitrogen and oxygen atoms in total. The average Bonchev–Trinajstić information content (AvgIpc) is 3.30. The first kappa shape index (κ1) is 21.0. The van der Waals surface area contributed by atoms with E-state index in [1.807, 2.05) is 5.38 Å². The summed E-state index contributed by atoms with van der Waals surface area (Å²) in [6, 6.07) is 7.07. The molecule has 8 heteroatoms. The van der Waals surface area contributed by atoms with E-state index in [9.17, 15) is 9.59 Å². The van der Waals surface area contributed by atoms with Crippen LogP contribution in [-0.2, 0) is 4.79 Å². The molecule has 1 amide bonds. The van der Waals surface area contributed by atoms with Crippen molar-refractivity contribution in [2.24, 2.45) is 0 Å². The number of carbonyl (C=O) groups excluding carboxylic acids is 2.